The minimum absolute atomic E-state index is 0.0104. The van der Waals surface area contributed by atoms with E-state index in [2.05, 4.69) is 33.9 Å². The van der Waals surface area contributed by atoms with Crippen LogP contribution >= 0.6 is 11.3 Å². The van der Waals surface area contributed by atoms with Crippen LogP contribution in [0.1, 0.15) is 69.4 Å². The standard InChI is InChI=1S/C23H30N4O3S/c1-6-10-11-16(7-2)15-30-18-12-13-19(17(8-3)14-18)26-27-23-25-20(21(24-5)31-23)22(28)29-9-4/h12-14,16H,6-11,15H2,1-4H3. The fourth-order valence-electron chi connectivity index (χ4n) is 2.99. The maximum atomic E-state index is 11.9. The smallest absolute Gasteiger partial charge is 0.347 e. The number of carbonyl (C=O) groups is 1. The van der Waals surface area contributed by atoms with E-state index in [1.165, 1.54) is 19.3 Å². The molecular weight excluding hydrogens is 412 g/mol. The Bertz CT molecular complexity index is 933. The number of hydrogen-bond acceptors (Lipinski definition) is 7. The minimum Gasteiger partial charge on any atom is -0.493 e. The number of benzene rings is 1. The molecule has 2 rings (SSSR count). The van der Waals surface area contributed by atoms with Crippen LogP contribution in [-0.2, 0) is 11.2 Å². The van der Waals surface area contributed by atoms with Crippen molar-refractivity contribution in [3.8, 4) is 5.75 Å². The van der Waals surface area contributed by atoms with Gasteiger partial charge in [0.1, 0.15) is 5.75 Å². The van der Waals surface area contributed by atoms with Gasteiger partial charge in [0, 0.05) is 0 Å². The Balaban J connectivity index is 2.12. The first kappa shape index (κ1) is 24.5. The second-order valence-electron chi connectivity index (χ2n) is 7.05. The van der Waals surface area contributed by atoms with E-state index in [9.17, 15) is 4.79 Å². The Labute approximate surface area is 188 Å². The number of nitrogens with zero attached hydrogens (tertiary/aromatic N) is 4. The van der Waals surface area contributed by atoms with Crippen LogP contribution in [0.3, 0.4) is 0 Å². The fraction of sp³-hybridized carbons (Fsp3) is 0.522. The molecule has 0 N–H and O–H groups in total. The number of azo groups is 1. The molecule has 0 amide bonds. The van der Waals surface area contributed by atoms with Crippen molar-refractivity contribution < 1.29 is 14.3 Å². The Hall–Kier alpha value is -2.79. The molecule has 0 saturated carbocycles. The van der Waals surface area contributed by atoms with Gasteiger partial charge in [-0.15, -0.1) is 21.6 Å². The van der Waals surface area contributed by atoms with Crippen molar-refractivity contribution in [3.05, 3.63) is 40.9 Å². The van der Waals surface area contributed by atoms with Gasteiger partial charge in [0.15, 0.2) is 5.69 Å². The van der Waals surface area contributed by atoms with Crippen molar-refractivity contribution in [3.63, 3.8) is 0 Å². The van der Waals surface area contributed by atoms with E-state index in [0.29, 0.717) is 11.6 Å². The highest BCUT2D eigenvalue weighted by Gasteiger charge is 2.19. The van der Waals surface area contributed by atoms with Gasteiger partial charge in [0.05, 0.1) is 25.5 Å². The average Bonchev–Trinajstić information content (AvgIpc) is 3.21. The van der Waals surface area contributed by atoms with Crippen molar-refractivity contribution >= 4 is 33.1 Å². The van der Waals surface area contributed by atoms with Gasteiger partial charge >= 0.3 is 5.97 Å². The molecule has 2 aromatic rings. The van der Waals surface area contributed by atoms with E-state index in [4.69, 9.17) is 16.0 Å². The summed E-state index contributed by atoms with van der Waals surface area (Å²) in [5, 5.41) is 8.85. The second kappa shape index (κ2) is 12.8. The van der Waals surface area contributed by atoms with Gasteiger partial charge in [0.2, 0.25) is 5.13 Å². The molecule has 0 aliphatic heterocycles. The zero-order valence-electron chi connectivity index (χ0n) is 18.7. The lowest BCUT2D eigenvalue weighted by molar-refractivity contribution is 0.0522. The zero-order chi connectivity index (χ0) is 22.6. The highest BCUT2D eigenvalue weighted by molar-refractivity contribution is 7.19. The predicted octanol–water partition coefficient (Wildman–Crippen LogP) is 7.44. The summed E-state index contributed by atoms with van der Waals surface area (Å²) in [5.41, 5.74) is 1.71. The van der Waals surface area contributed by atoms with E-state index in [-0.39, 0.29) is 22.4 Å². The molecule has 1 atom stereocenters. The molecule has 166 valence electrons. The quantitative estimate of drug-likeness (QED) is 0.194. The van der Waals surface area contributed by atoms with Gasteiger partial charge in [0.25, 0.3) is 5.00 Å². The van der Waals surface area contributed by atoms with E-state index >= 15 is 0 Å². The number of thiazole rings is 1. The van der Waals surface area contributed by atoms with Gasteiger partial charge in [-0.2, -0.15) is 0 Å². The van der Waals surface area contributed by atoms with Gasteiger partial charge in [-0.05, 0) is 49.4 Å². The van der Waals surface area contributed by atoms with Crippen LogP contribution in [0.5, 0.6) is 5.75 Å². The summed E-state index contributed by atoms with van der Waals surface area (Å²) < 4.78 is 11.0. The van der Waals surface area contributed by atoms with Crippen molar-refractivity contribution in [1.29, 1.82) is 0 Å². The Kier molecular flexibility index (Phi) is 10.1. The number of esters is 1. The fourth-order valence-corrected chi connectivity index (χ4v) is 3.66. The molecular formula is C23H30N4O3S. The summed E-state index contributed by atoms with van der Waals surface area (Å²) in [5.74, 6) is 0.783. The van der Waals surface area contributed by atoms with E-state index in [1.807, 2.05) is 25.1 Å². The van der Waals surface area contributed by atoms with Crippen LogP contribution in [-0.4, -0.2) is 24.2 Å². The molecule has 0 spiro atoms. The maximum Gasteiger partial charge on any atom is 0.347 e. The lowest BCUT2D eigenvalue weighted by Crippen LogP contribution is -2.11. The molecule has 0 bridgehead atoms. The second-order valence-corrected chi connectivity index (χ2v) is 8.01. The first-order valence-electron chi connectivity index (χ1n) is 10.8. The van der Waals surface area contributed by atoms with Gasteiger partial charge in [-0.25, -0.2) is 14.6 Å². The number of unbranched alkanes of at least 4 members (excludes halogenated alkanes) is 1. The van der Waals surface area contributed by atoms with Crippen molar-refractivity contribution in [2.45, 2.75) is 59.8 Å². The van der Waals surface area contributed by atoms with Crippen molar-refractivity contribution in [2.75, 3.05) is 13.2 Å². The molecule has 8 heteroatoms. The number of ether oxygens (including phenoxy) is 2. The van der Waals surface area contributed by atoms with E-state index in [1.54, 1.807) is 6.92 Å². The van der Waals surface area contributed by atoms with Crippen LogP contribution in [0.25, 0.3) is 4.85 Å². The summed E-state index contributed by atoms with van der Waals surface area (Å²) in [6.45, 7) is 16.3. The van der Waals surface area contributed by atoms with E-state index < -0.39 is 5.97 Å². The normalized spacial score (nSPS) is 12.0. The first-order chi connectivity index (χ1) is 15.1. The maximum absolute atomic E-state index is 11.9. The molecule has 1 aromatic heterocycles. The zero-order valence-corrected chi connectivity index (χ0v) is 19.5. The molecule has 7 nitrogen and oxygen atoms in total. The SMILES string of the molecule is [C-]#[N+]c1sc(N=Nc2ccc(OCC(CC)CCCC)cc2CC)nc1C(=O)OCC. The third-order valence-corrected chi connectivity index (χ3v) is 5.71. The topological polar surface area (TPSA) is 77.5 Å². The molecule has 0 radical (unpaired) electrons. The summed E-state index contributed by atoms with van der Waals surface area (Å²) in [4.78, 5) is 19.4. The molecule has 1 aromatic carbocycles. The number of carbonyl (C=O) groups excluding carboxylic acids is 1. The largest absolute Gasteiger partial charge is 0.493 e. The molecule has 31 heavy (non-hydrogen) atoms. The number of aryl methyl sites for hydroxylation is 1. The lowest BCUT2D eigenvalue weighted by Gasteiger charge is -2.16. The number of rotatable bonds is 12. The van der Waals surface area contributed by atoms with Crippen LogP contribution in [0.4, 0.5) is 15.8 Å². The molecule has 0 aliphatic rings. The van der Waals surface area contributed by atoms with Crippen LogP contribution < -0.4 is 4.74 Å². The van der Waals surface area contributed by atoms with Crippen LogP contribution in [0.2, 0.25) is 0 Å². The molecule has 1 heterocycles. The Morgan fingerprint density at radius 1 is 1.26 bits per heavy atom. The third-order valence-electron chi connectivity index (χ3n) is 4.87. The first-order valence-corrected chi connectivity index (χ1v) is 11.6. The Morgan fingerprint density at radius 3 is 2.71 bits per heavy atom. The van der Waals surface area contributed by atoms with Gasteiger partial charge in [-0.1, -0.05) is 40.0 Å². The minimum atomic E-state index is -0.619. The summed E-state index contributed by atoms with van der Waals surface area (Å²) >= 11 is 1.02. The lowest BCUT2D eigenvalue weighted by atomic mass is 10.0. The molecule has 0 saturated heterocycles. The average molecular weight is 443 g/mol. The Morgan fingerprint density at radius 2 is 2.06 bits per heavy atom. The van der Waals surface area contributed by atoms with Crippen LogP contribution in [0.15, 0.2) is 28.4 Å². The predicted molar refractivity (Wildman–Crippen MR) is 123 cm³/mol. The monoisotopic (exact) mass is 442 g/mol. The van der Waals surface area contributed by atoms with Crippen molar-refractivity contribution in [1.82, 2.24) is 4.98 Å². The number of hydrogen-bond donors (Lipinski definition) is 0. The van der Waals surface area contributed by atoms with E-state index in [0.717, 1.165) is 42.1 Å². The van der Waals surface area contributed by atoms with Gasteiger partial charge < -0.3 is 9.47 Å². The highest BCUT2D eigenvalue weighted by atomic mass is 32.1. The van der Waals surface area contributed by atoms with Crippen molar-refractivity contribution in [2.24, 2.45) is 16.1 Å². The molecule has 1 unspecified atom stereocenters. The highest BCUT2D eigenvalue weighted by Crippen LogP contribution is 2.35. The third kappa shape index (κ3) is 7.14. The molecule has 0 aliphatic carbocycles. The van der Waals surface area contributed by atoms with Gasteiger partial charge in [-0.3, -0.25) is 0 Å². The van der Waals surface area contributed by atoms with Crippen LogP contribution in [0, 0.1) is 12.5 Å². The molecule has 0 fully saturated rings. The summed E-state index contributed by atoms with van der Waals surface area (Å²) in [6.07, 6.45) is 5.51. The number of aromatic nitrogens is 1. The summed E-state index contributed by atoms with van der Waals surface area (Å²) in [7, 11) is 0. The summed E-state index contributed by atoms with van der Waals surface area (Å²) in [6, 6.07) is 5.77.